The maximum atomic E-state index is 12.3. The van der Waals surface area contributed by atoms with Gasteiger partial charge in [0.1, 0.15) is 17.9 Å². The zero-order chi connectivity index (χ0) is 23.6. The van der Waals surface area contributed by atoms with Crippen LogP contribution in [0.3, 0.4) is 0 Å². The molecule has 1 heterocycles. The van der Waals surface area contributed by atoms with Gasteiger partial charge in [0.05, 0.1) is 4.92 Å². The highest BCUT2D eigenvalue weighted by Crippen LogP contribution is 2.20. The Bertz CT molecular complexity index is 645. The van der Waals surface area contributed by atoms with Crippen molar-refractivity contribution in [3.63, 3.8) is 0 Å². The second-order valence-electron chi connectivity index (χ2n) is 9.09. The first-order valence-corrected chi connectivity index (χ1v) is 12.9. The minimum absolute atomic E-state index is 0.0533. The minimum atomic E-state index is -0.551. The van der Waals surface area contributed by atoms with Crippen LogP contribution in [0.2, 0.25) is 0 Å². The first-order valence-electron chi connectivity index (χ1n) is 12.9. The molecule has 0 bridgehead atoms. The van der Waals surface area contributed by atoms with E-state index in [0.29, 0.717) is 12.2 Å². The second kappa shape index (κ2) is 17.6. The van der Waals surface area contributed by atoms with Crippen molar-refractivity contribution in [2.24, 2.45) is 0 Å². The predicted octanol–water partition coefficient (Wildman–Crippen LogP) is 7.04. The van der Waals surface area contributed by atoms with Gasteiger partial charge in [-0.3, -0.25) is 19.6 Å². The van der Waals surface area contributed by atoms with E-state index < -0.39 is 11.0 Å². The molecule has 0 aliphatic heterocycles. The van der Waals surface area contributed by atoms with Crippen LogP contribution in [-0.2, 0) is 4.79 Å². The molecule has 0 aromatic carbocycles. The Hall–Kier alpha value is -1.92. The SMILES string of the molecule is CCCCCCCCCCCCCCCCCCNC(=O)C(C)n1ncc([N+](=O)[O-])c1C. The predicted molar refractivity (Wildman–Crippen MR) is 131 cm³/mol. The van der Waals surface area contributed by atoms with Gasteiger partial charge in [0.25, 0.3) is 0 Å². The fourth-order valence-corrected chi connectivity index (χ4v) is 4.13. The van der Waals surface area contributed by atoms with E-state index in [4.69, 9.17) is 0 Å². The monoisotopic (exact) mass is 450 g/mol. The first kappa shape index (κ1) is 28.1. The van der Waals surface area contributed by atoms with Crippen molar-refractivity contribution in [3.05, 3.63) is 22.0 Å². The van der Waals surface area contributed by atoms with Gasteiger partial charge < -0.3 is 5.32 Å². The molecule has 0 saturated heterocycles. The quantitative estimate of drug-likeness (QED) is 0.131. The minimum Gasteiger partial charge on any atom is -0.354 e. The molecule has 184 valence electrons. The second-order valence-corrected chi connectivity index (χ2v) is 9.09. The van der Waals surface area contributed by atoms with E-state index in [2.05, 4.69) is 17.3 Å². The van der Waals surface area contributed by atoms with Crippen LogP contribution in [0.25, 0.3) is 0 Å². The molecule has 0 saturated carbocycles. The van der Waals surface area contributed by atoms with Gasteiger partial charge in [-0.25, -0.2) is 0 Å². The van der Waals surface area contributed by atoms with Crippen molar-refractivity contribution in [2.45, 2.75) is 130 Å². The van der Waals surface area contributed by atoms with Gasteiger partial charge in [0, 0.05) is 6.54 Å². The number of nitro groups is 1. The Morgan fingerprint density at radius 1 is 0.938 bits per heavy atom. The first-order chi connectivity index (χ1) is 15.5. The van der Waals surface area contributed by atoms with Crippen LogP contribution < -0.4 is 5.32 Å². The molecule has 1 N–H and O–H groups in total. The van der Waals surface area contributed by atoms with E-state index in [9.17, 15) is 14.9 Å². The van der Waals surface area contributed by atoms with Gasteiger partial charge in [0.15, 0.2) is 0 Å². The Labute approximate surface area is 194 Å². The molecular weight excluding hydrogens is 404 g/mol. The summed E-state index contributed by atoms with van der Waals surface area (Å²) in [5.74, 6) is -0.146. The smallest absolute Gasteiger partial charge is 0.309 e. The topological polar surface area (TPSA) is 90.1 Å². The standard InChI is InChI=1S/C25H46N4O3/c1-4-5-6-7-8-9-10-11-12-13-14-15-16-17-18-19-20-26-25(30)23(3)28-22(2)24(21-27-28)29(31)32/h21,23H,4-20H2,1-3H3,(H,26,30). The highest BCUT2D eigenvalue weighted by molar-refractivity contribution is 5.79. The van der Waals surface area contributed by atoms with Crippen LogP contribution in [0.1, 0.15) is 128 Å². The summed E-state index contributed by atoms with van der Waals surface area (Å²) in [6, 6.07) is -0.551. The molecule has 1 rings (SSSR count). The summed E-state index contributed by atoms with van der Waals surface area (Å²) in [5, 5.41) is 17.9. The molecule has 0 aliphatic carbocycles. The molecular formula is C25H46N4O3. The van der Waals surface area contributed by atoms with Gasteiger partial charge in [-0.2, -0.15) is 5.10 Å². The number of aromatic nitrogens is 2. The molecule has 32 heavy (non-hydrogen) atoms. The summed E-state index contributed by atoms with van der Waals surface area (Å²) in [5.41, 5.74) is 0.350. The molecule has 0 aliphatic rings. The Balaban J connectivity index is 1.93. The van der Waals surface area contributed by atoms with Gasteiger partial charge >= 0.3 is 5.69 Å². The van der Waals surface area contributed by atoms with E-state index in [0.717, 1.165) is 12.8 Å². The Kier molecular flexibility index (Phi) is 15.5. The summed E-state index contributed by atoms with van der Waals surface area (Å²) in [4.78, 5) is 22.7. The number of hydrogen-bond donors (Lipinski definition) is 1. The zero-order valence-electron chi connectivity index (χ0n) is 20.7. The average Bonchev–Trinajstić information content (AvgIpc) is 3.16. The molecule has 1 unspecified atom stereocenters. The average molecular weight is 451 g/mol. The summed E-state index contributed by atoms with van der Waals surface area (Å²) in [7, 11) is 0. The number of amides is 1. The maximum Gasteiger partial charge on any atom is 0.309 e. The summed E-state index contributed by atoms with van der Waals surface area (Å²) in [6.07, 6.45) is 22.4. The molecule has 7 nitrogen and oxygen atoms in total. The van der Waals surface area contributed by atoms with Crippen molar-refractivity contribution in [2.75, 3.05) is 6.54 Å². The van der Waals surface area contributed by atoms with Crippen LogP contribution in [0.5, 0.6) is 0 Å². The highest BCUT2D eigenvalue weighted by Gasteiger charge is 2.23. The van der Waals surface area contributed by atoms with E-state index in [1.54, 1.807) is 13.8 Å². The van der Waals surface area contributed by atoms with Gasteiger partial charge in [-0.15, -0.1) is 0 Å². The van der Waals surface area contributed by atoms with Gasteiger partial charge in [-0.1, -0.05) is 103 Å². The van der Waals surface area contributed by atoms with Crippen LogP contribution in [0.4, 0.5) is 5.69 Å². The van der Waals surface area contributed by atoms with Crippen molar-refractivity contribution in [3.8, 4) is 0 Å². The fraction of sp³-hybridized carbons (Fsp3) is 0.840. The fourth-order valence-electron chi connectivity index (χ4n) is 4.13. The number of carbonyl (C=O) groups is 1. The summed E-state index contributed by atoms with van der Waals surface area (Å²) < 4.78 is 1.42. The molecule has 1 aromatic heterocycles. The van der Waals surface area contributed by atoms with E-state index in [1.165, 1.54) is 101 Å². The molecule has 0 spiro atoms. The maximum absolute atomic E-state index is 12.3. The van der Waals surface area contributed by atoms with E-state index >= 15 is 0 Å². The number of nitrogens with zero attached hydrogens (tertiary/aromatic N) is 3. The molecule has 0 fully saturated rings. The molecule has 7 heteroatoms. The highest BCUT2D eigenvalue weighted by atomic mass is 16.6. The van der Waals surface area contributed by atoms with Crippen LogP contribution in [0.15, 0.2) is 6.20 Å². The third-order valence-electron chi connectivity index (χ3n) is 6.29. The molecule has 1 atom stereocenters. The molecule has 0 radical (unpaired) electrons. The zero-order valence-corrected chi connectivity index (χ0v) is 20.7. The van der Waals surface area contributed by atoms with Crippen LogP contribution in [-0.4, -0.2) is 27.2 Å². The van der Waals surface area contributed by atoms with Gasteiger partial charge in [-0.05, 0) is 20.3 Å². The van der Waals surface area contributed by atoms with Crippen molar-refractivity contribution < 1.29 is 9.72 Å². The van der Waals surface area contributed by atoms with Gasteiger partial charge in [0.2, 0.25) is 5.91 Å². The Morgan fingerprint density at radius 2 is 1.38 bits per heavy atom. The third-order valence-corrected chi connectivity index (χ3v) is 6.29. The Morgan fingerprint density at radius 3 is 1.78 bits per heavy atom. The number of rotatable bonds is 20. The van der Waals surface area contributed by atoms with Crippen LogP contribution in [0, 0.1) is 17.0 Å². The third kappa shape index (κ3) is 11.6. The van der Waals surface area contributed by atoms with Crippen LogP contribution >= 0.6 is 0 Å². The van der Waals surface area contributed by atoms with Crippen molar-refractivity contribution >= 4 is 11.6 Å². The largest absolute Gasteiger partial charge is 0.354 e. The lowest BCUT2D eigenvalue weighted by Gasteiger charge is -2.14. The van der Waals surface area contributed by atoms with Crippen molar-refractivity contribution in [1.82, 2.24) is 15.1 Å². The normalized spacial score (nSPS) is 12.1. The lowest BCUT2D eigenvalue weighted by atomic mass is 10.0. The van der Waals surface area contributed by atoms with E-state index in [-0.39, 0.29) is 11.6 Å². The molecule has 1 aromatic rings. The number of nitrogens with one attached hydrogen (secondary N) is 1. The number of hydrogen-bond acceptors (Lipinski definition) is 4. The van der Waals surface area contributed by atoms with E-state index in [1.807, 2.05) is 0 Å². The summed E-state index contributed by atoms with van der Waals surface area (Å²) >= 11 is 0. The summed E-state index contributed by atoms with van der Waals surface area (Å²) in [6.45, 7) is 6.24. The lowest BCUT2D eigenvalue weighted by Crippen LogP contribution is -2.32. The van der Waals surface area contributed by atoms with Crippen molar-refractivity contribution in [1.29, 1.82) is 0 Å². The molecule has 1 amide bonds. The lowest BCUT2D eigenvalue weighted by molar-refractivity contribution is -0.385. The number of unbranched alkanes of at least 4 members (excludes halogenated alkanes) is 15. The number of carbonyl (C=O) groups excluding carboxylic acids is 1.